The molecule has 0 saturated heterocycles. The van der Waals surface area contributed by atoms with Gasteiger partial charge in [0.2, 0.25) is 0 Å². The second-order valence-electron chi connectivity index (χ2n) is 4.23. The van der Waals surface area contributed by atoms with Gasteiger partial charge >= 0.3 is 0 Å². The van der Waals surface area contributed by atoms with Crippen LogP contribution in [0.15, 0.2) is 17.1 Å². The first-order chi connectivity index (χ1) is 9.10. The highest BCUT2D eigenvalue weighted by Gasteiger charge is 2.12. The molecule has 0 unspecified atom stereocenters. The maximum atomic E-state index is 13.3. The zero-order chi connectivity index (χ0) is 14.3. The molecule has 0 aromatic heterocycles. The van der Waals surface area contributed by atoms with Gasteiger partial charge in [-0.05, 0) is 12.5 Å². The topological polar surface area (TPSA) is 71.5 Å². The standard InChI is InChI=1S/C14H20FN3O/c1-3-4-5-6-18-9-13(17)11-7-10(15)8-12(16)14(11)19-2/h7-9,17H,3-6,16H2,1-2H3. The lowest BCUT2D eigenvalue weighted by Crippen LogP contribution is -2.07. The Hall–Kier alpha value is -1.91. The van der Waals surface area contributed by atoms with Crippen LogP contribution in [0.5, 0.6) is 5.75 Å². The number of unbranched alkanes of at least 4 members (excludes halogenated alkanes) is 2. The molecule has 104 valence electrons. The molecule has 0 fully saturated rings. The number of halogens is 1. The average Bonchev–Trinajstić information content (AvgIpc) is 2.37. The van der Waals surface area contributed by atoms with E-state index in [9.17, 15) is 4.39 Å². The van der Waals surface area contributed by atoms with Crippen LogP contribution >= 0.6 is 0 Å². The molecule has 4 nitrogen and oxygen atoms in total. The molecule has 19 heavy (non-hydrogen) atoms. The molecule has 0 aliphatic carbocycles. The van der Waals surface area contributed by atoms with E-state index in [0.717, 1.165) is 19.3 Å². The second-order valence-corrected chi connectivity index (χ2v) is 4.23. The largest absolute Gasteiger partial charge is 0.494 e. The number of anilines is 1. The van der Waals surface area contributed by atoms with E-state index >= 15 is 0 Å². The van der Waals surface area contributed by atoms with Gasteiger partial charge in [-0.1, -0.05) is 19.8 Å². The highest BCUT2D eigenvalue weighted by molar-refractivity contribution is 6.37. The number of benzene rings is 1. The van der Waals surface area contributed by atoms with Crippen LogP contribution in [0.3, 0.4) is 0 Å². The Kier molecular flexibility index (Phi) is 5.99. The summed E-state index contributed by atoms with van der Waals surface area (Å²) >= 11 is 0. The number of nitrogens with zero attached hydrogens (tertiary/aromatic N) is 1. The van der Waals surface area contributed by atoms with Crippen molar-refractivity contribution in [3.05, 3.63) is 23.5 Å². The molecule has 0 aliphatic heterocycles. The molecule has 0 amide bonds. The van der Waals surface area contributed by atoms with Gasteiger partial charge < -0.3 is 10.5 Å². The molecule has 0 aliphatic rings. The maximum Gasteiger partial charge on any atom is 0.151 e. The van der Waals surface area contributed by atoms with E-state index in [0.29, 0.717) is 17.9 Å². The van der Waals surface area contributed by atoms with Crippen molar-refractivity contribution >= 4 is 17.6 Å². The maximum absolute atomic E-state index is 13.3. The van der Waals surface area contributed by atoms with Crippen molar-refractivity contribution in [1.82, 2.24) is 0 Å². The van der Waals surface area contributed by atoms with E-state index < -0.39 is 5.82 Å². The molecule has 1 rings (SSSR count). The molecular formula is C14H20FN3O. The quantitative estimate of drug-likeness (QED) is 0.452. The summed E-state index contributed by atoms with van der Waals surface area (Å²) < 4.78 is 18.4. The van der Waals surface area contributed by atoms with Crippen molar-refractivity contribution in [3.8, 4) is 5.75 Å². The summed E-state index contributed by atoms with van der Waals surface area (Å²) in [6.07, 6.45) is 4.65. The smallest absolute Gasteiger partial charge is 0.151 e. The van der Waals surface area contributed by atoms with Crippen LogP contribution in [0.25, 0.3) is 0 Å². The van der Waals surface area contributed by atoms with Gasteiger partial charge in [0, 0.05) is 24.4 Å². The van der Waals surface area contributed by atoms with Gasteiger partial charge in [-0.3, -0.25) is 10.4 Å². The van der Waals surface area contributed by atoms with Crippen molar-refractivity contribution in [3.63, 3.8) is 0 Å². The number of rotatable bonds is 7. The fraction of sp³-hybridized carbons (Fsp3) is 0.429. The summed E-state index contributed by atoms with van der Waals surface area (Å²) in [6.45, 7) is 2.79. The minimum atomic E-state index is -0.488. The zero-order valence-corrected chi connectivity index (χ0v) is 11.4. The van der Waals surface area contributed by atoms with Crippen molar-refractivity contribution in [2.45, 2.75) is 26.2 Å². The molecule has 3 N–H and O–H groups in total. The van der Waals surface area contributed by atoms with Crippen LogP contribution in [-0.2, 0) is 0 Å². The first-order valence-electron chi connectivity index (χ1n) is 6.31. The van der Waals surface area contributed by atoms with Crippen molar-refractivity contribution in [1.29, 1.82) is 5.41 Å². The average molecular weight is 265 g/mol. The molecule has 0 radical (unpaired) electrons. The summed E-state index contributed by atoms with van der Waals surface area (Å²) in [7, 11) is 1.44. The van der Waals surface area contributed by atoms with Gasteiger partial charge in [0.05, 0.1) is 18.5 Å². The van der Waals surface area contributed by atoms with Crippen molar-refractivity contribution in [2.75, 3.05) is 19.4 Å². The number of hydrogen-bond acceptors (Lipinski definition) is 4. The normalized spacial score (nSPS) is 10.9. The molecule has 0 spiro atoms. The minimum Gasteiger partial charge on any atom is -0.494 e. The van der Waals surface area contributed by atoms with Crippen LogP contribution in [0, 0.1) is 11.2 Å². The predicted octanol–water partition coefficient (Wildman–Crippen LogP) is 3.05. The van der Waals surface area contributed by atoms with E-state index in [1.807, 2.05) is 0 Å². The summed E-state index contributed by atoms with van der Waals surface area (Å²) in [5, 5.41) is 7.90. The summed E-state index contributed by atoms with van der Waals surface area (Å²) in [5.41, 5.74) is 6.26. The third-order valence-corrected chi connectivity index (χ3v) is 2.69. The molecule has 0 saturated carbocycles. The molecule has 0 bridgehead atoms. The highest BCUT2D eigenvalue weighted by atomic mass is 19.1. The summed E-state index contributed by atoms with van der Waals surface area (Å²) in [4.78, 5) is 4.15. The Morgan fingerprint density at radius 3 is 2.84 bits per heavy atom. The Labute approximate surface area is 113 Å². The highest BCUT2D eigenvalue weighted by Crippen LogP contribution is 2.27. The predicted molar refractivity (Wildman–Crippen MR) is 77.1 cm³/mol. The fourth-order valence-electron chi connectivity index (χ4n) is 1.72. The van der Waals surface area contributed by atoms with Crippen molar-refractivity contribution < 1.29 is 9.13 Å². The first kappa shape index (κ1) is 15.1. The lowest BCUT2D eigenvalue weighted by Gasteiger charge is -2.10. The summed E-state index contributed by atoms with van der Waals surface area (Å²) in [6, 6.07) is 2.41. The number of nitrogens with two attached hydrogens (primary N) is 1. The van der Waals surface area contributed by atoms with Crippen LogP contribution < -0.4 is 10.5 Å². The van der Waals surface area contributed by atoms with Gasteiger partial charge in [-0.2, -0.15) is 0 Å². The molecule has 1 aromatic rings. The Morgan fingerprint density at radius 1 is 1.47 bits per heavy atom. The van der Waals surface area contributed by atoms with Gasteiger partial charge in [-0.25, -0.2) is 4.39 Å². The second kappa shape index (κ2) is 7.51. The van der Waals surface area contributed by atoms with Crippen molar-refractivity contribution in [2.24, 2.45) is 4.99 Å². The Balaban J connectivity index is 2.81. The fourth-order valence-corrected chi connectivity index (χ4v) is 1.72. The number of methoxy groups -OCH3 is 1. The zero-order valence-electron chi connectivity index (χ0n) is 11.4. The SMILES string of the molecule is CCCCCN=CC(=N)c1cc(F)cc(N)c1OC. The molecule has 0 atom stereocenters. The third-order valence-electron chi connectivity index (χ3n) is 2.69. The monoisotopic (exact) mass is 265 g/mol. The molecule has 0 heterocycles. The van der Waals surface area contributed by atoms with Gasteiger partial charge in [0.15, 0.2) is 5.75 Å². The number of aliphatic imine (C=N–C) groups is 1. The van der Waals surface area contributed by atoms with E-state index in [1.165, 1.54) is 25.5 Å². The molecule has 1 aromatic carbocycles. The van der Waals surface area contributed by atoms with Gasteiger partial charge in [0.25, 0.3) is 0 Å². The lowest BCUT2D eigenvalue weighted by atomic mass is 10.1. The van der Waals surface area contributed by atoms with Crippen LogP contribution in [-0.4, -0.2) is 25.6 Å². The van der Waals surface area contributed by atoms with E-state index in [-0.39, 0.29) is 11.4 Å². The van der Waals surface area contributed by atoms with Crippen LogP contribution in [0.4, 0.5) is 10.1 Å². The van der Waals surface area contributed by atoms with Crippen LogP contribution in [0.2, 0.25) is 0 Å². The molecule has 5 heteroatoms. The lowest BCUT2D eigenvalue weighted by molar-refractivity contribution is 0.415. The van der Waals surface area contributed by atoms with Gasteiger partial charge in [0.1, 0.15) is 5.82 Å². The Morgan fingerprint density at radius 2 is 2.21 bits per heavy atom. The van der Waals surface area contributed by atoms with E-state index in [4.69, 9.17) is 15.9 Å². The van der Waals surface area contributed by atoms with E-state index in [2.05, 4.69) is 11.9 Å². The number of nitrogen functional groups attached to an aromatic ring is 1. The number of nitrogens with one attached hydrogen (secondary N) is 1. The van der Waals surface area contributed by atoms with Gasteiger partial charge in [-0.15, -0.1) is 0 Å². The first-order valence-corrected chi connectivity index (χ1v) is 6.31. The Bertz CT molecular complexity index is 472. The molecular weight excluding hydrogens is 245 g/mol. The number of ether oxygens (including phenoxy) is 1. The number of hydrogen-bond donors (Lipinski definition) is 2. The summed E-state index contributed by atoms with van der Waals surface area (Å²) in [5.74, 6) is -0.177. The van der Waals surface area contributed by atoms with Crippen LogP contribution in [0.1, 0.15) is 31.7 Å². The third kappa shape index (κ3) is 4.35. The van der Waals surface area contributed by atoms with E-state index in [1.54, 1.807) is 0 Å². The minimum absolute atomic E-state index is 0.0968.